The molecule has 0 N–H and O–H groups in total. The second-order valence-electron chi connectivity index (χ2n) is 5.87. The number of para-hydroxylation sites is 1. The van der Waals surface area contributed by atoms with Crippen molar-refractivity contribution in [1.82, 2.24) is 24.5 Å². The summed E-state index contributed by atoms with van der Waals surface area (Å²) in [5.41, 5.74) is 0.593. The Morgan fingerprint density at radius 1 is 1.15 bits per heavy atom. The van der Waals surface area contributed by atoms with Crippen LogP contribution >= 0.6 is 11.8 Å². The average molecular weight is 372 g/mol. The first-order chi connectivity index (χ1) is 12.7. The predicted molar refractivity (Wildman–Crippen MR) is 96.7 cm³/mol. The number of amides is 1. The monoisotopic (exact) mass is 372 g/mol. The summed E-state index contributed by atoms with van der Waals surface area (Å²) in [6.45, 7) is 2.39. The summed E-state index contributed by atoms with van der Waals surface area (Å²) >= 11 is 1.30. The lowest BCUT2D eigenvalue weighted by molar-refractivity contribution is -0.128. The third kappa shape index (κ3) is 3.48. The van der Waals surface area contributed by atoms with Gasteiger partial charge in [0.05, 0.1) is 11.4 Å². The number of nitrogens with zero attached hydrogens (tertiary/aromatic N) is 6. The van der Waals surface area contributed by atoms with E-state index in [9.17, 15) is 9.18 Å². The van der Waals surface area contributed by atoms with E-state index in [-0.39, 0.29) is 17.5 Å². The largest absolute Gasteiger partial charge is 0.366 e. The van der Waals surface area contributed by atoms with Crippen molar-refractivity contribution < 1.29 is 9.18 Å². The van der Waals surface area contributed by atoms with Crippen LogP contribution in [0.1, 0.15) is 0 Å². The van der Waals surface area contributed by atoms with Crippen LogP contribution < -0.4 is 4.90 Å². The lowest BCUT2D eigenvalue weighted by Gasteiger charge is -2.36. The molecule has 1 aliphatic heterocycles. The Morgan fingerprint density at radius 2 is 1.96 bits per heavy atom. The predicted octanol–water partition coefficient (Wildman–Crippen LogP) is 1.70. The number of aromatic nitrogens is 4. The number of anilines is 1. The normalized spacial score (nSPS) is 14.8. The molecule has 9 heteroatoms. The Labute approximate surface area is 153 Å². The van der Waals surface area contributed by atoms with Crippen molar-refractivity contribution in [3.05, 3.63) is 48.5 Å². The highest BCUT2D eigenvalue weighted by atomic mass is 32.2. The van der Waals surface area contributed by atoms with Gasteiger partial charge in [0, 0.05) is 38.6 Å². The zero-order chi connectivity index (χ0) is 17.9. The van der Waals surface area contributed by atoms with Crippen LogP contribution in [0.25, 0.3) is 5.78 Å². The summed E-state index contributed by atoms with van der Waals surface area (Å²) < 4.78 is 15.5. The van der Waals surface area contributed by atoms with Crippen LogP contribution in [0.4, 0.5) is 10.1 Å². The molecule has 7 nitrogen and oxygen atoms in total. The molecule has 0 unspecified atom stereocenters. The van der Waals surface area contributed by atoms with Gasteiger partial charge in [-0.3, -0.25) is 4.79 Å². The van der Waals surface area contributed by atoms with Crippen molar-refractivity contribution in [3.63, 3.8) is 0 Å². The number of fused-ring (bicyclic) bond motifs is 1. The summed E-state index contributed by atoms with van der Waals surface area (Å²) in [6, 6.07) is 8.50. The van der Waals surface area contributed by atoms with Crippen LogP contribution in [-0.2, 0) is 4.79 Å². The van der Waals surface area contributed by atoms with Crippen molar-refractivity contribution in [2.75, 3.05) is 36.8 Å². The number of halogens is 1. The molecule has 1 amide bonds. The van der Waals surface area contributed by atoms with Gasteiger partial charge in [-0.2, -0.15) is 4.98 Å². The van der Waals surface area contributed by atoms with E-state index in [0.29, 0.717) is 42.8 Å². The molecule has 0 aliphatic carbocycles. The molecule has 0 radical (unpaired) electrons. The van der Waals surface area contributed by atoms with Crippen LogP contribution in [0.15, 0.2) is 47.9 Å². The number of thioether (sulfide) groups is 1. The van der Waals surface area contributed by atoms with Crippen molar-refractivity contribution >= 4 is 29.1 Å². The van der Waals surface area contributed by atoms with Gasteiger partial charge in [0.1, 0.15) is 5.82 Å². The van der Waals surface area contributed by atoms with E-state index in [1.54, 1.807) is 40.0 Å². The van der Waals surface area contributed by atoms with Crippen molar-refractivity contribution in [2.45, 2.75) is 5.16 Å². The minimum Gasteiger partial charge on any atom is -0.366 e. The standard InChI is InChI=1S/C17H17FN6OS/c18-13-4-1-2-5-14(13)22-8-10-23(11-9-22)15(25)12-26-17-20-16-19-6-3-7-24(16)21-17/h1-7H,8-12H2. The lowest BCUT2D eigenvalue weighted by atomic mass is 10.2. The number of piperazine rings is 1. The van der Waals surface area contributed by atoms with Crippen LogP contribution in [0, 0.1) is 5.82 Å². The third-order valence-corrected chi connectivity index (χ3v) is 5.07. The van der Waals surface area contributed by atoms with Gasteiger partial charge in [-0.05, 0) is 18.2 Å². The smallest absolute Gasteiger partial charge is 0.253 e. The number of carbonyl (C=O) groups is 1. The molecule has 1 fully saturated rings. The van der Waals surface area contributed by atoms with Gasteiger partial charge < -0.3 is 9.80 Å². The topological polar surface area (TPSA) is 66.6 Å². The van der Waals surface area contributed by atoms with Gasteiger partial charge in [-0.1, -0.05) is 23.9 Å². The fourth-order valence-corrected chi connectivity index (χ4v) is 3.62. The number of rotatable bonds is 4. The molecule has 3 aromatic rings. The maximum atomic E-state index is 13.9. The van der Waals surface area contributed by atoms with Crippen LogP contribution in [-0.4, -0.2) is 62.3 Å². The first-order valence-corrected chi connectivity index (χ1v) is 9.27. The molecule has 0 atom stereocenters. The Bertz CT molecular complexity index is 891. The number of hydrogen-bond acceptors (Lipinski definition) is 6. The summed E-state index contributed by atoms with van der Waals surface area (Å²) in [4.78, 5) is 24.6. The molecule has 0 saturated carbocycles. The summed E-state index contributed by atoms with van der Waals surface area (Å²) in [5, 5.41) is 4.81. The highest BCUT2D eigenvalue weighted by Crippen LogP contribution is 2.21. The Balaban J connectivity index is 1.31. The van der Waals surface area contributed by atoms with Crippen molar-refractivity contribution in [3.8, 4) is 0 Å². The van der Waals surface area contributed by atoms with Crippen molar-refractivity contribution in [1.29, 1.82) is 0 Å². The Morgan fingerprint density at radius 3 is 2.73 bits per heavy atom. The van der Waals surface area contributed by atoms with E-state index in [1.807, 2.05) is 11.0 Å². The van der Waals surface area contributed by atoms with E-state index in [2.05, 4.69) is 15.1 Å². The van der Waals surface area contributed by atoms with Gasteiger partial charge in [0.15, 0.2) is 0 Å². The minimum atomic E-state index is -0.227. The SMILES string of the molecule is O=C(CSc1nc2ncccn2n1)N1CCN(c2ccccc2F)CC1. The number of benzene rings is 1. The van der Waals surface area contributed by atoms with Crippen LogP contribution in [0.3, 0.4) is 0 Å². The number of hydrogen-bond donors (Lipinski definition) is 0. The lowest BCUT2D eigenvalue weighted by Crippen LogP contribution is -2.49. The van der Waals surface area contributed by atoms with Gasteiger partial charge in [-0.25, -0.2) is 13.9 Å². The van der Waals surface area contributed by atoms with E-state index in [0.717, 1.165) is 0 Å². The van der Waals surface area contributed by atoms with Crippen LogP contribution in [0.2, 0.25) is 0 Å². The molecule has 1 saturated heterocycles. The average Bonchev–Trinajstić information content (AvgIpc) is 3.10. The molecule has 2 aromatic heterocycles. The van der Waals surface area contributed by atoms with Gasteiger partial charge in [0.25, 0.3) is 5.78 Å². The van der Waals surface area contributed by atoms with E-state index in [1.165, 1.54) is 17.8 Å². The van der Waals surface area contributed by atoms with E-state index >= 15 is 0 Å². The molecule has 3 heterocycles. The van der Waals surface area contributed by atoms with Gasteiger partial charge in [-0.15, -0.1) is 5.10 Å². The molecular weight excluding hydrogens is 355 g/mol. The minimum absolute atomic E-state index is 0.0370. The molecular formula is C17H17FN6OS. The fourth-order valence-electron chi connectivity index (χ4n) is 2.90. The zero-order valence-corrected chi connectivity index (χ0v) is 14.8. The van der Waals surface area contributed by atoms with E-state index < -0.39 is 0 Å². The van der Waals surface area contributed by atoms with Gasteiger partial charge in [0.2, 0.25) is 11.1 Å². The molecule has 0 bridgehead atoms. The first kappa shape index (κ1) is 16.8. The molecule has 26 heavy (non-hydrogen) atoms. The van der Waals surface area contributed by atoms with Crippen LogP contribution in [0.5, 0.6) is 0 Å². The quantitative estimate of drug-likeness (QED) is 0.650. The summed E-state index contributed by atoms with van der Waals surface area (Å²) in [5.74, 6) is 0.599. The second kappa shape index (κ2) is 7.28. The third-order valence-electron chi connectivity index (χ3n) is 4.25. The molecule has 1 aromatic carbocycles. The van der Waals surface area contributed by atoms with E-state index in [4.69, 9.17) is 0 Å². The fraction of sp³-hybridized carbons (Fsp3) is 0.294. The molecule has 1 aliphatic rings. The second-order valence-corrected chi connectivity index (χ2v) is 6.81. The summed E-state index contributed by atoms with van der Waals surface area (Å²) in [6.07, 6.45) is 3.42. The Kier molecular flexibility index (Phi) is 4.70. The maximum Gasteiger partial charge on any atom is 0.253 e. The highest BCUT2D eigenvalue weighted by molar-refractivity contribution is 7.99. The first-order valence-electron chi connectivity index (χ1n) is 8.28. The molecule has 134 valence electrons. The molecule has 0 spiro atoms. The summed E-state index contributed by atoms with van der Waals surface area (Å²) in [7, 11) is 0. The maximum absolute atomic E-state index is 13.9. The molecule has 4 rings (SSSR count). The van der Waals surface area contributed by atoms with Gasteiger partial charge >= 0.3 is 0 Å². The highest BCUT2D eigenvalue weighted by Gasteiger charge is 2.23. The number of carbonyl (C=O) groups excluding carboxylic acids is 1. The van der Waals surface area contributed by atoms with Crippen molar-refractivity contribution in [2.24, 2.45) is 0 Å². The Hall–Kier alpha value is -2.68. The zero-order valence-electron chi connectivity index (χ0n) is 14.0.